The number of ether oxygens (including phenoxy) is 1. The summed E-state index contributed by atoms with van der Waals surface area (Å²) in [5, 5.41) is 0.562. The van der Waals surface area contributed by atoms with E-state index < -0.39 is 10.8 Å². The van der Waals surface area contributed by atoms with E-state index >= 15 is 0 Å². The Hall–Kier alpha value is -2.21. The van der Waals surface area contributed by atoms with Gasteiger partial charge in [0.1, 0.15) is 5.75 Å². The van der Waals surface area contributed by atoms with Gasteiger partial charge in [-0.1, -0.05) is 12.1 Å². The molecule has 23 heavy (non-hydrogen) atoms. The first-order chi connectivity index (χ1) is 11.0. The molecule has 0 aliphatic carbocycles. The minimum absolute atomic E-state index is 0.319. The number of pyridine rings is 1. The normalized spacial score (nSPS) is 12.5. The Morgan fingerprint density at radius 1 is 1.26 bits per heavy atom. The fourth-order valence-corrected chi connectivity index (χ4v) is 4.00. The highest BCUT2D eigenvalue weighted by molar-refractivity contribution is 7.84. The topological polar surface area (TPSA) is 57.0 Å². The number of aryl methyl sites for hydroxylation is 2. The van der Waals surface area contributed by atoms with Gasteiger partial charge in [-0.15, -0.1) is 0 Å². The average Bonchev–Trinajstić information content (AvgIpc) is 2.88. The van der Waals surface area contributed by atoms with Gasteiger partial charge in [-0.05, 0) is 26.0 Å². The minimum Gasteiger partial charge on any atom is -0.496 e. The van der Waals surface area contributed by atoms with Crippen LogP contribution in [0, 0.1) is 13.8 Å². The summed E-state index contributed by atoms with van der Waals surface area (Å²) in [6.07, 6.45) is 1.76. The van der Waals surface area contributed by atoms with Gasteiger partial charge in [-0.25, -0.2) is 4.98 Å². The molecule has 6 heteroatoms. The number of methoxy groups -OCH3 is 1. The van der Waals surface area contributed by atoms with Gasteiger partial charge in [0.15, 0.2) is 5.16 Å². The van der Waals surface area contributed by atoms with Gasteiger partial charge in [0.25, 0.3) is 0 Å². The number of rotatable bonds is 4. The molecule has 0 fully saturated rings. The first-order valence-corrected chi connectivity index (χ1v) is 8.63. The number of aromatic nitrogens is 3. The number of nitrogens with zero attached hydrogens (tertiary/aromatic N) is 3. The van der Waals surface area contributed by atoms with Crippen LogP contribution in [0.25, 0.3) is 11.0 Å². The third kappa shape index (κ3) is 2.74. The monoisotopic (exact) mass is 329 g/mol. The molecule has 0 aliphatic heterocycles. The van der Waals surface area contributed by atoms with E-state index in [1.54, 1.807) is 13.3 Å². The predicted molar refractivity (Wildman–Crippen MR) is 91.1 cm³/mol. The maximum atomic E-state index is 12.8. The number of hydrogen-bond acceptors (Lipinski definition) is 4. The Morgan fingerprint density at radius 3 is 2.70 bits per heavy atom. The van der Waals surface area contributed by atoms with Crippen molar-refractivity contribution in [3.05, 3.63) is 47.3 Å². The summed E-state index contributed by atoms with van der Waals surface area (Å²) in [6.45, 7) is 3.89. The fraction of sp³-hybridized carbons (Fsp3) is 0.294. The van der Waals surface area contributed by atoms with E-state index in [1.807, 2.05) is 49.7 Å². The van der Waals surface area contributed by atoms with E-state index in [1.165, 1.54) is 0 Å². The zero-order chi connectivity index (χ0) is 16.6. The summed E-state index contributed by atoms with van der Waals surface area (Å²) in [7, 11) is 2.26. The van der Waals surface area contributed by atoms with E-state index in [9.17, 15) is 4.21 Å². The van der Waals surface area contributed by atoms with E-state index in [0.29, 0.717) is 10.9 Å². The molecular weight excluding hydrogens is 310 g/mol. The molecule has 2 heterocycles. The van der Waals surface area contributed by atoms with Crippen LogP contribution in [0.2, 0.25) is 0 Å². The van der Waals surface area contributed by atoms with E-state index in [-0.39, 0.29) is 0 Å². The summed E-state index contributed by atoms with van der Waals surface area (Å²) in [6, 6.07) is 7.78. The third-order valence-electron chi connectivity index (χ3n) is 3.97. The lowest BCUT2D eigenvalue weighted by Crippen LogP contribution is -2.07. The van der Waals surface area contributed by atoms with Gasteiger partial charge in [-0.2, -0.15) is 0 Å². The average molecular weight is 329 g/mol. The van der Waals surface area contributed by atoms with E-state index in [0.717, 1.165) is 33.6 Å². The Bertz CT molecular complexity index is 902. The van der Waals surface area contributed by atoms with Crippen LogP contribution >= 0.6 is 0 Å². The van der Waals surface area contributed by atoms with Crippen LogP contribution in [0.5, 0.6) is 5.75 Å². The van der Waals surface area contributed by atoms with Crippen LogP contribution in [0.15, 0.2) is 35.6 Å². The number of para-hydroxylation sites is 2. The van der Waals surface area contributed by atoms with Gasteiger partial charge < -0.3 is 9.30 Å². The first kappa shape index (κ1) is 15.7. The van der Waals surface area contributed by atoms with Gasteiger partial charge in [0, 0.05) is 24.4 Å². The highest BCUT2D eigenvalue weighted by atomic mass is 32.2. The lowest BCUT2D eigenvalue weighted by Gasteiger charge is -2.12. The maximum Gasteiger partial charge on any atom is 0.200 e. The molecule has 0 amide bonds. The van der Waals surface area contributed by atoms with E-state index in [4.69, 9.17) is 4.74 Å². The molecular formula is C17H19N3O2S. The smallest absolute Gasteiger partial charge is 0.200 e. The number of benzene rings is 1. The summed E-state index contributed by atoms with van der Waals surface area (Å²) >= 11 is 0. The van der Waals surface area contributed by atoms with Crippen LogP contribution in [0.4, 0.5) is 0 Å². The predicted octanol–water partition coefficient (Wildman–Crippen LogP) is 2.90. The molecule has 2 aromatic heterocycles. The van der Waals surface area contributed by atoms with Crippen molar-refractivity contribution in [1.29, 1.82) is 0 Å². The molecule has 1 atom stereocenters. The SMILES string of the molecule is COc1c(C)cnc(CS(=O)c2nc3ccccc3n2C)c1C. The lowest BCUT2D eigenvalue weighted by molar-refractivity contribution is 0.407. The zero-order valence-electron chi connectivity index (χ0n) is 13.7. The van der Waals surface area contributed by atoms with E-state index in [2.05, 4.69) is 9.97 Å². The molecule has 5 nitrogen and oxygen atoms in total. The zero-order valence-corrected chi connectivity index (χ0v) is 14.5. The molecule has 0 saturated heterocycles. The number of hydrogen-bond donors (Lipinski definition) is 0. The molecule has 1 aromatic carbocycles. The van der Waals surface area contributed by atoms with Crippen LogP contribution < -0.4 is 4.74 Å². The summed E-state index contributed by atoms with van der Waals surface area (Å²) < 4.78 is 20.1. The molecule has 1 unspecified atom stereocenters. The second-order valence-corrected chi connectivity index (χ2v) is 6.82. The van der Waals surface area contributed by atoms with Crippen molar-refractivity contribution < 1.29 is 8.95 Å². The molecule has 0 N–H and O–H groups in total. The highest BCUT2D eigenvalue weighted by Gasteiger charge is 2.17. The van der Waals surface area contributed by atoms with Crippen molar-refractivity contribution in [1.82, 2.24) is 14.5 Å². The van der Waals surface area contributed by atoms with Gasteiger partial charge >= 0.3 is 0 Å². The number of imidazole rings is 1. The fourth-order valence-electron chi connectivity index (χ4n) is 2.73. The van der Waals surface area contributed by atoms with Crippen LogP contribution in [-0.2, 0) is 23.6 Å². The molecule has 0 bridgehead atoms. The minimum atomic E-state index is -1.27. The molecule has 0 spiro atoms. The van der Waals surface area contributed by atoms with Gasteiger partial charge in [0.2, 0.25) is 0 Å². The highest BCUT2D eigenvalue weighted by Crippen LogP contribution is 2.26. The quantitative estimate of drug-likeness (QED) is 0.738. The second kappa shape index (κ2) is 6.12. The van der Waals surface area contributed by atoms with Crippen LogP contribution in [-0.4, -0.2) is 25.9 Å². The largest absolute Gasteiger partial charge is 0.496 e. The second-order valence-electron chi connectivity index (χ2n) is 5.48. The van der Waals surface area contributed by atoms with Crippen molar-refractivity contribution >= 4 is 21.8 Å². The maximum absolute atomic E-state index is 12.8. The first-order valence-electron chi connectivity index (χ1n) is 7.31. The number of fused-ring (bicyclic) bond motifs is 1. The van der Waals surface area contributed by atoms with Gasteiger partial charge in [0.05, 0.1) is 40.4 Å². The summed E-state index contributed by atoms with van der Waals surface area (Å²) in [5.74, 6) is 1.12. The molecule has 0 saturated carbocycles. The third-order valence-corrected chi connectivity index (χ3v) is 5.28. The van der Waals surface area contributed by atoms with Crippen molar-refractivity contribution in [2.24, 2.45) is 7.05 Å². The molecule has 3 rings (SSSR count). The lowest BCUT2D eigenvalue weighted by atomic mass is 10.1. The Balaban J connectivity index is 1.97. The van der Waals surface area contributed by atoms with Crippen molar-refractivity contribution in [2.45, 2.75) is 24.8 Å². The van der Waals surface area contributed by atoms with Crippen LogP contribution in [0.1, 0.15) is 16.8 Å². The molecule has 120 valence electrons. The molecule has 0 aliphatic rings. The van der Waals surface area contributed by atoms with Crippen molar-refractivity contribution in [3.63, 3.8) is 0 Å². The van der Waals surface area contributed by atoms with Crippen molar-refractivity contribution in [2.75, 3.05) is 7.11 Å². The summed E-state index contributed by atoms with van der Waals surface area (Å²) in [5.41, 5.74) is 4.51. The van der Waals surface area contributed by atoms with Gasteiger partial charge in [-0.3, -0.25) is 9.19 Å². The summed E-state index contributed by atoms with van der Waals surface area (Å²) in [4.78, 5) is 8.93. The van der Waals surface area contributed by atoms with Crippen LogP contribution in [0.3, 0.4) is 0 Å². The standard InChI is InChI=1S/C17H19N3O2S/c1-11-9-18-14(12(2)16(11)22-4)10-23(21)17-19-13-7-5-6-8-15(13)20(17)3/h5-9H,10H2,1-4H3. The molecule has 3 aromatic rings. The Kier molecular flexibility index (Phi) is 4.17. The Morgan fingerprint density at radius 2 is 2.00 bits per heavy atom. The Labute approximate surface area is 137 Å². The molecule has 0 radical (unpaired) electrons. The van der Waals surface area contributed by atoms with Crippen molar-refractivity contribution in [3.8, 4) is 5.75 Å².